The van der Waals surface area contributed by atoms with E-state index in [-0.39, 0.29) is 6.61 Å². The molecular formula is C19H27NO4. The molecule has 1 aromatic carbocycles. The fraction of sp³-hybridized carbons (Fsp3) is 0.474. The number of hydrogen-bond acceptors (Lipinski definition) is 4. The minimum Gasteiger partial charge on any atom is -0.459 e. The van der Waals surface area contributed by atoms with Gasteiger partial charge < -0.3 is 14.8 Å². The van der Waals surface area contributed by atoms with Crippen LogP contribution in [0.4, 0.5) is 4.79 Å². The maximum absolute atomic E-state index is 12.5. The fourth-order valence-corrected chi connectivity index (χ4v) is 1.90. The van der Waals surface area contributed by atoms with Crippen LogP contribution in [0.5, 0.6) is 0 Å². The predicted molar refractivity (Wildman–Crippen MR) is 93.4 cm³/mol. The van der Waals surface area contributed by atoms with Crippen LogP contribution in [-0.4, -0.2) is 23.7 Å². The lowest BCUT2D eigenvalue weighted by molar-refractivity contribution is -0.149. The molecule has 5 nitrogen and oxygen atoms in total. The molecule has 0 fully saturated rings. The van der Waals surface area contributed by atoms with Crippen molar-refractivity contribution in [3.05, 3.63) is 48.6 Å². The smallest absolute Gasteiger partial charge is 0.408 e. The molecule has 1 atom stereocenters. The second-order valence-corrected chi connectivity index (χ2v) is 7.20. The molecule has 0 unspecified atom stereocenters. The Morgan fingerprint density at radius 1 is 1.17 bits per heavy atom. The summed E-state index contributed by atoms with van der Waals surface area (Å²) in [6.45, 7) is 12.7. The van der Waals surface area contributed by atoms with Crippen molar-refractivity contribution in [3.8, 4) is 0 Å². The van der Waals surface area contributed by atoms with Gasteiger partial charge in [0.1, 0.15) is 18.2 Å². The van der Waals surface area contributed by atoms with E-state index >= 15 is 0 Å². The SMILES string of the molecule is C=CC(C)(C)[C@H](NC(=O)OC(C)(C)C)C(=O)OCc1ccccc1. The molecule has 0 aliphatic heterocycles. The normalized spacial score (nSPS) is 12.9. The van der Waals surface area contributed by atoms with E-state index in [1.54, 1.807) is 40.7 Å². The molecule has 0 saturated heterocycles. The van der Waals surface area contributed by atoms with Crippen molar-refractivity contribution in [2.75, 3.05) is 0 Å². The highest BCUT2D eigenvalue weighted by Crippen LogP contribution is 2.24. The molecule has 0 heterocycles. The second-order valence-electron chi connectivity index (χ2n) is 7.20. The van der Waals surface area contributed by atoms with E-state index in [9.17, 15) is 9.59 Å². The maximum Gasteiger partial charge on any atom is 0.408 e. The van der Waals surface area contributed by atoms with E-state index in [1.807, 2.05) is 30.3 Å². The van der Waals surface area contributed by atoms with Crippen molar-refractivity contribution >= 4 is 12.1 Å². The molecule has 0 aliphatic carbocycles. The lowest BCUT2D eigenvalue weighted by atomic mass is 9.84. The first-order chi connectivity index (χ1) is 11.0. The third-order valence-corrected chi connectivity index (χ3v) is 3.39. The molecule has 132 valence electrons. The molecular weight excluding hydrogens is 306 g/mol. The van der Waals surface area contributed by atoms with Crippen molar-refractivity contribution in [2.24, 2.45) is 5.41 Å². The number of hydrogen-bond donors (Lipinski definition) is 1. The third-order valence-electron chi connectivity index (χ3n) is 3.39. The predicted octanol–water partition coefficient (Wildman–Crippen LogP) is 3.84. The summed E-state index contributed by atoms with van der Waals surface area (Å²) in [4.78, 5) is 24.5. The second kappa shape index (κ2) is 7.99. The Kier molecular flexibility index (Phi) is 6.58. The van der Waals surface area contributed by atoms with Crippen LogP contribution in [0.25, 0.3) is 0 Å². The Balaban J connectivity index is 2.80. The van der Waals surface area contributed by atoms with Crippen LogP contribution in [0.1, 0.15) is 40.2 Å². The quantitative estimate of drug-likeness (QED) is 0.634. The van der Waals surface area contributed by atoms with Gasteiger partial charge in [-0.05, 0) is 26.3 Å². The van der Waals surface area contributed by atoms with Gasteiger partial charge >= 0.3 is 12.1 Å². The van der Waals surface area contributed by atoms with Gasteiger partial charge in [-0.1, -0.05) is 50.3 Å². The number of esters is 1. The molecule has 0 spiro atoms. The minimum absolute atomic E-state index is 0.138. The zero-order valence-corrected chi connectivity index (χ0v) is 15.1. The molecule has 1 amide bonds. The summed E-state index contributed by atoms with van der Waals surface area (Å²) in [5.74, 6) is -0.533. The monoisotopic (exact) mass is 333 g/mol. The van der Waals surface area contributed by atoms with Gasteiger partial charge in [-0.2, -0.15) is 0 Å². The van der Waals surface area contributed by atoms with Crippen molar-refractivity contribution < 1.29 is 19.1 Å². The van der Waals surface area contributed by atoms with Gasteiger partial charge in [-0.25, -0.2) is 9.59 Å². The Morgan fingerprint density at radius 3 is 2.25 bits per heavy atom. The number of amides is 1. The Bertz CT molecular complexity index is 573. The Labute approximate surface area is 144 Å². The Hall–Kier alpha value is -2.30. The van der Waals surface area contributed by atoms with Gasteiger partial charge in [0.25, 0.3) is 0 Å². The van der Waals surface area contributed by atoms with Crippen molar-refractivity contribution in [3.63, 3.8) is 0 Å². The summed E-state index contributed by atoms with van der Waals surface area (Å²) in [6.07, 6.45) is 0.942. The first-order valence-corrected chi connectivity index (χ1v) is 7.89. The van der Waals surface area contributed by atoms with Gasteiger partial charge in [-0.15, -0.1) is 6.58 Å². The number of rotatable bonds is 6. The van der Waals surface area contributed by atoms with E-state index in [0.29, 0.717) is 0 Å². The van der Waals surface area contributed by atoms with Crippen LogP contribution in [0.15, 0.2) is 43.0 Å². The van der Waals surface area contributed by atoms with E-state index in [4.69, 9.17) is 9.47 Å². The topological polar surface area (TPSA) is 64.6 Å². The molecule has 1 rings (SSSR count). The van der Waals surface area contributed by atoms with Crippen molar-refractivity contribution in [1.29, 1.82) is 0 Å². The summed E-state index contributed by atoms with van der Waals surface area (Å²) >= 11 is 0. The molecule has 0 aliphatic rings. The molecule has 1 aromatic rings. The van der Waals surface area contributed by atoms with Gasteiger partial charge in [0, 0.05) is 5.41 Å². The lowest BCUT2D eigenvalue weighted by Crippen LogP contribution is -2.51. The maximum atomic E-state index is 12.5. The van der Waals surface area contributed by atoms with E-state index in [0.717, 1.165) is 5.56 Å². The summed E-state index contributed by atoms with van der Waals surface area (Å²) in [7, 11) is 0. The number of carbonyl (C=O) groups is 2. The molecule has 0 aromatic heterocycles. The Morgan fingerprint density at radius 2 is 1.75 bits per heavy atom. The van der Waals surface area contributed by atoms with Gasteiger partial charge in [0.15, 0.2) is 0 Å². The van der Waals surface area contributed by atoms with Gasteiger partial charge in [-0.3, -0.25) is 0 Å². The summed E-state index contributed by atoms with van der Waals surface area (Å²) in [6, 6.07) is 8.46. The number of carbonyl (C=O) groups excluding carboxylic acids is 2. The molecule has 0 saturated carbocycles. The number of ether oxygens (including phenoxy) is 2. The van der Waals surface area contributed by atoms with Crippen LogP contribution in [0.2, 0.25) is 0 Å². The molecule has 1 N–H and O–H groups in total. The summed E-state index contributed by atoms with van der Waals surface area (Å²) in [5.41, 5.74) is -0.468. The zero-order valence-electron chi connectivity index (χ0n) is 15.1. The standard InChI is InChI=1S/C19H27NO4/c1-7-19(5,6)15(20-17(22)24-18(2,3)4)16(21)23-13-14-11-9-8-10-12-14/h7-12,15H,1,13H2,2-6H3,(H,20,22)/t15-/m1/s1. The van der Waals surface area contributed by atoms with E-state index in [1.165, 1.54) is 0 Å². The fourth-order valence-electron chi connectivity index (χ4n) is 1.90. The van der Waals surface area contributed by atoms with Crippen LogP contribution in [0.3, 0.4) is 0 Å². The van der Waals surface area contributed by atoms with Gasteiger partial charge in [0.05, 0.1) is 0 Å². The highest BCUT2D eigenvalue weighted by Gasteiger charge is 2.36. The number of benzene rings is 1. The third kappa shape index (κ3) is 6.44. The summed E-state index contributed by atoms with van der Waals surface area (Å²) < 4.78 is 10.6. The van der Waals surface area contributed by atoms with Gasteiger partial charge in [0.2, 0.25) is 0 Å². The molecule has 0 bridgehead atoms. The molecule has 24 heavy (non-hydrogen) atoms. The highest BCUT2D eigenvalue weighted by atomic mass is 16.6. The average Bonchev–Trinajstić information content (AvgIpc) is 2.49. The van der Waals surface area contributed by atoms with E-state index < -0.39 is 29.1 Å². The van der Waals surface area contributed by atoms with Crippen LogP contribution in [-0.2, 0) is 20.9 Å². The van der Waals surface area contributed by atoms with Crippen molar-refractivity contribution in [1.82, 2.24) is 5.32 Å². The average molecular weight is 333 g/mol. The van der Waals surface area contributed by atoms with Crippen molar-refractivity contribution in [2.45, 2.75) is 52.9 Å². The molecule has 5 heteroatoms. The number of nitrogens with one attached hydrogen (secondary N) is 1. The first-order valence-electron chi connectivity index (χ1n) is 7.89. The zero-order chi connectivity index (χ0) is 18.4. The molecule has 0 radical (unpaired) electrons. The highest BCUT2D eigenvalue weighted by molar-refractivity contribution is 5.82. The minimum atomic E-state index is -0.895. The summed E-state index contributed by atoms with van der Waals surface area (Å²) in [5, 5.41) is 2.59. The van der Waals surface area contributed by atoms with Crippen LogP contribution < -0.4 is 5.32 Å². The van der Waals surface area contributed by atoms with E-state index in [2.05, 4.69) is 11.9 Å². The first kappa shape index (κ1) is 19.7. The largest absolute Gasteiger partial charge is 0.459 e. The number of alkyl carbamates (subject to hydrolysis) is 1. The van der Waals surface area contributed by atoms with Crippen LogP contribution >= 0.6 is 0 Å². The lowest BCUT2D eigenvalue weighted by Gasteiger charge is -2.31. The van der Waals surface area contributed by atoms with Crippen LogP contribution in [0, 0.1) is 5.41 Å².